The van der Waals surface area contributed by atoms with Crippen LogP contribution in [0.1, 0.15) is 6.42 Å². The van der Waals surface area contributed by atoms with Gasteiger partial charge in [-0.25, -0.2) is 26.1 Å². The second-order valence-corrected chi connectivity index (χ2v) is 4.67. The number of hydrogen-bond acceptors (Lipinski definition) is 5. The second kappa shape index (κ2) is 5.47. The van der Waals surface area contributed by atoms with Gasteiger partial charge < -0.3 is 4.85 Å². The van der Waals surface area contributed by atoms with Gasteiger partial charge in [0.05, 0.1) is 13.1 Å². The molecule has 1 unspecified atom stereocenters. The molecule has 0 aromatic heterocycles. The largest absolute Gasteiger partial charge is 0.312 e. The number of thioether (sulfide) groups is 1. The summed E-state index contributed by atoms with van der Waals surface area (Å²) in [7, 11) is 0. The molecule has 0 bridgehead atoms. The van der Waals surface area contributed by atoms with E-state index < -0.39 is 4.75 Å². The lowest BCUT2D eigenvalue weighted by atomic mass is 9.98. The standard InChI is InChI=1S/C9H9N3O2S/c1-10-8-2-3-15-9(8,4-11-6-13)5-12-7-14/h8H,2-5H2. The Kier molecular flexibility index (Phi) is 4.26. The van der Waals surface area contributed by atoms with Crippen LogP contribution in [0, 0.1) is 6.57 Å². The lowest BCUT2D eigenvalue weighted by Crippen LogP contribution is -2.39. The van der Waals surface area contributed by atoms with E-state index in [-0.39, 0.29) is 19.1 Å². The molecule has 1 heterocycles. The Labute approximate surface area is 91.5 Å². The first-order valence-electron chi connectivity index (χ1n) is 4.37. The highest BCUT2D eigenvalue weighted by molar-refractivity contribution is 8.01. The summed E-state index contributed by atoms with van der Waals surface area (Å²) in [5.41, 5.74) is 0. The highest BCUT2D eigenvalue weighted by Crippen LogP contribution is 2.41. The van der Waals surface area contributed by atoms with Gasteiger partial charge in [-0.05, 0) is 0 Å². The molecule has 1 aliphatic rings. The number of isocyanates is 2. The third-order valence-corrected chi connectivity index (χ3v) is 3.91. The van der Waals surface area contributed by atoms with Crippen molar-refractivity contribution < 1.29 is 9.59 Å². The number of aliphatic imine (C=N–C) groups is 2. The molecule has 0 spiro atoms. The molecule has 1 aliphatic heterocycles. The topological polar surface area (TPSA) is 63.2 Å². The van der Waals surface area contributed by atoms with Crippen molar-refractivity contribution in [3.05, 3.63) is 11.4 Å². The predicted molar refractivity (Wildman–Crippen MR) is 56.2 cm³/mol. The molecule has 1 fully saturated rings. The smallest absolute Gasteiger partial charge is 0.242 e. The molecular formula is C9H9N3O2S. The molecule has 0 aliphatic carbocycles. The van der Waals surface area contributed by atoms with Gasteiger partial charge in [-0.3, -0.25) is 0 Å². The van der Waals surface area contributed by atoms with Crippen molar-refractivity contribution >= 4 is 23.9 Å². The third-order valence-electron chi connectivity index (χ3n) is 2.37. The van der Waals surface area contributed by atoms with E-state index in [9.17, 15) is 9.59 Å². The van der Waals surface area contributed by atoms with Crippen molar-refractivity contribution in [2.24, 2.45) is 9.98 Å². The first-order valence-corrected chi connectivity index (χ1v) is 5.35. The Morgan fingerprint density at radius 3 is 2.47 bits per heavy atom. The molecule has 0 radical (unpaired) electrons. The van der Waals surface area contributed by atoms with Crippen LogP contribution in [-0.2, 0) is 9.59 Å². The van der Waals surface area contributed by atoms with Crippen LogP contribution in [0.3, 0.4) is 0 Å². The number of nitrogens with zero attached hydrogens (tertiary/aromatic N) is 3. The van der Waals surface area contributed by atoms with E-state index in [1.54, 1.807) is 11.8 Å². The summed E-state index contributed by atoms with van der Waals surface area (Å²) in [6.45, 7) is 7.45. The lowest BCUT2D eigenvalue weighted by molar-refractivity contribution is 0.527. The quantitative estimate of drug-likeness (QED) is 0.402. The maximum Gasteiger partial charge on any atom is 0.242 e. The van der Waals surface area contributed by atoms with Crippen LogP contribution in [0.4, 0.5) is 0 Å². The van der Waals surface area contributed by atoms with E-state index >= 15 is 0 Å². The molecule has 5 nitrogen and oxygen atoms in total. The van der Waals surface area contributed by atoms with Crippen LogP contribution in [0.15, 0.2) is 9.98 Å². The van der Waals surface area contributed by atoms with Crippen LogP contribution < -0.4 is 0 Å². The van der Waals surface area contributed by atoms with Crippen molar-refractivity contribution in [1.82, 2.24) is 0 Å². The van der Waals surface area contributed by atoms with Crippen molar-refractivity contribution in [3.63, 3.8) is 0 Å². The molecule has 6 heteroatoms. The van der Waals surface area contributed by atoms with Crippen LogP contribution in [0.2, 0.25) is 0 Å². The molecular weight excluding hydrogens is 214 g/mol. The van der Waals surface area contributed by atoms with E-state index in [4.69, 9.17) is 6.57 Å². The van der Waals surface area contributed by atoms with Gasteiger partial charge in [-0.1, -0.05) is 0 Å². The van der Waals surface area contributed by atoms with Crippen LogP contribution in [0.25, 0.3) is 4.85 Å². The molecule has 0 aromatic carbocycles. The van der Waals surface area contributed by atoms with Gasteiger partial charge in [0, 0.05) is 12.2 Å². The molecule has 78 valence electrons. The Bertz CT molecular complexity index is 344. The Morgan fingerprint density at radius 1 is 1.40 bits per heavy atom. The van der Waals surface area contributed by atoms with Crippen molar-refractivity contribution in [2.75, 3.05) is 18.8 Å². The van der Waals surface area contributed by atoms with Crippen molar-refractivity contribution in [2.45, 2.75) is 17.2 Å². The summed E-state index contributed by atoms with van der Waals surface area (Å²) in [6, 6.07) is -0.239. The van der Waals surface area contributed by atoms with Gasteiger partial charge >= 0.3 is 0 Å². The molecule has 1 rings (SSSR count). The Hall–Kier alpha value is -1.40. The molecule has 1 saturated heterocycles. The monoisotopic (exact) mass is 223 g/mol. The van der Waals surface area contributed by atoms with E-state index in [1.807, 2.05) is 0 Å². The first kappa shape index (κ1) is 11.7. The van der Waals surface area contributed by atoms with Crippen LogP contribution in [0.5, 0.6) is 0 Å². The van der Waals surface area contributed by atoms with E-state index in [2.05, 4.69) is 14.8 Å². The Balaban J connectivity index is 2.88. The average molecular weight is 223 g/mol. The van der Waals surface area contributed by atoms with Gasteiger partial charge in [-0.2, -0.15) is 0 Å². The fourth-order valence-electron chi connectivity index (χ4n) is 1.60. The second-order valence-electron chi connectivity index (χ2n) is 3.16. The van der Waals surface area contributed by atoms with Crippen LogP contribution >= 0.6 is 11.8 Å². The fraction of sp³-hybridized carbons (Fsp3) is 0.667. The first-order chi connectivity index (χ1) is 7.29. The predicted octanol–water partition coefficient (Wildman–Crippen LogP) is 0.822. The SMILES string of the molecule is [C-]#[N+]C1CCSC1(CN=C=O)CN=C=O. The zero-order valence-corrected chi connectivity index (χ0v) is 8.79. The summed E-state index contributed by atoms with van der Waals surface area (Å²) >= 11 is 1.54. The lowest BCUT2D eigenvalue weighted by Gasteiger charge is -2.22. The van der Waals surface area contributed by atoms with Gasteiger partial charge in [0.15, 0.2) is 0 Å². The minimum absolute atomic E-state index is 0.194. The van der Waals surface area contributed by atoms with Gasteiger partial charge in [0.25, 0.3) is 0 Å². The van der Waals surface area contributed by atoms with E-state index in [0.717, 1.165) is 12.2 Å². The Morgan fingerprint density at radius 2 is 2.00 bits per heavy atom. The normalized spacial score (nSPS) is 28.6. The van der Waals surface area contributed by atoms with Gasteiger partial charge in [0.1, 0.15) is 4.75 Å². The zero-order chi connectivity index (χ0) is 11.1. The summed E-state index contributed by atoms with van der Waals surface area (Å²) in [5, 5.41) is 0. The molecule has 1 atom stereocenters. The summed E-state index contributed by atoms with van der Waals surface area (Å²) in [5.74, 6) is 0.829. The molecule has 0 N–H and O–H groups in total. The number of carbonyl (C=O) groups excluding carboxylic acids is 2. The molecule has 0 saturated carbocycles. The molecule has 0 aromatic rings. The summed E-state index contributed by atoms with van der Waals surface area (Å²) in [6.07, 6.45) is 3.66. The highest BCUT2D eigenvalue weighted by Gasteiger charge is 2.49. The maximum absolute atomic E-state index is 10.1. The molecule has 15 heavy (non-hydrogen) atoms. The van der Waals surface area contributed by atoms with Gasteiger partial charge in [0.2, 0.25) is 18.2 Å². The van der Waals surface area contributed by atoms with Gasteiger partial charge in [-0.15, -0.1) is 11.8 Å². The van der Waals surface area contributed by atoms with Crippen molar-refractivity contribution in [1.29, 1.82) is 0 Å². The maximum atomic E-state index is 10.1. The van der Waals surface area contributed by atoms with E-state index in [1.165, 1.54) is 12.2 Å². The minimum Gasteiger partial charge on any atom is -0.312 e. The van der Waals surface area contributed by atoms with Crippen LogP contribution in [-0.4, -0.2) is 41.8 Å². The fourth-order valence-corrected chi connectivity index (χ4v) is 3.02. The number of hydrogen-bond donors (Lipinski definition) is 0. The average Bonchev–Trinajstić information content (AvgIpc) is 2.67. The van der Waals surface area contributed by atoms with Crippen molar-refractivity contribution in [3.8, 4) is 0 Å². The molecule has 0 amide bonds. The summed E-state index contributed by atoms with van der Waals surface area (Å²) < 4.78 is -0.531. The number of rotatable bonds is 4. The zero-order valence-electron chi connectivity index (χ0n) is 7.97. The summed E-state index contributed by atoms with van der Waals surface area (Å²) in [4.78, 5) is 30.7. The van der Waals surface area contributed by atoms with E-state index in [0.29, 0.717) is 0 Å². The minimum atomic E-state index is -0.531. The highest BCUT2D eigenvalue weighted by atomic mass is 32.2. The third kappa shape index (κ3) is 2.54.